The number of aliphatic hydroxyl groups is 9. The van der Waals surface area contributed by atoms with Gasteiger partial charge < -0.3 is 79.1 Å². The SMILES string of the molecule is C=C[C@@](C)(CCC=C(C)C)O[C@H]1O[C@H](CO)[C@@H](O)[C@H](O)[C@H]1O[C@@H]1O[C@@H](C)[C@@H](OC(=O)/C(C)=C/CC[C@@](C)(C=C)O[C@H]2O[C@@H](CO)[C@@H](O)[C@H](O)[C@H]2O)[C@H](O)[C@@H]1O. The lowest BCUT2D eigenvalue weighted by Gasteiger charge is -2.47. The molecule has 0 aromatic carbocycles. The van der Waals surface area contributed by atoms with E-state index < -0.39 is 123 Å². The van der Waals surface area contributed by atoms with Crippen LogP contribution in [0, 0.1) is 0 Å². The Morgan fingerprint density at radius 1 is 0.655 bits per heavy atom. The molecule has 0 radical (unpaired) electrons. The molecule has 17 heteroatoms. The molecular weight excluding hydrogens is 728 g/mol. The summed E-state index contributed by atoms with van der Waals surface area (Å²) < 4.78 is 40.6. The van der Waals surface area contributed by atoms with Gasteiger partial charge in [0.05, 0.1) is 30.5 Å². The van der Waals surface area contributed by atoms with Gasteiger partial charge in [0.15, 0.2) is 25.0 Å². The summed E-state index contributed by atoms with van der Waals surface area (Å²) in [7, 11) is 0. The molecule has 316 valence electrons. The molecule has 9 N–H and O–H groups in total. The van der Waals surface area contributed by atoms with Gasteiger partial charge in [0.25, 0.3) is 0 Å². The van der Waals surface area contributed by atoms with Gasteiger partial charge >= 0.3 is 5.97 Å². The van der Waals surface area contributed by atoms with E-state index in [1.165, 1.54) is 26.0 Å². The molecule has 17 atom stereocenters. The summed E-state index contributed by atoms with van der Waals surface area (Å²) in [6, 6.07) is 0. The molecule has 0 spiro atoms. The Balaban J connectivity index is 1.65. The van der Waals surface area contributed by atoms with Crippen molar-refractivity contribution in [3.63, 3.8) is 0 Å². The molecule has 55 heavy (non-hydrogen) atoms. The summed E-state index contributed by atoms with van der Waals surface area (Å²) in [5.41, 5.74) is -0.927. The van der Waals surface area contributed by atoms with Gasteiger partial charge in [-0.1, -0.05) is 29.9 Å². The summed E-state index contributed by atoms with van der Waals surface area (Å²) in [5.74, 6) is -0.833. The normalized spacial score (nSPS) is 39.3. The van der Waals surface area contributed by atoms with Gasteiger partial charge in [-0.15, -0.1) is 13.2 Å². The fourth-order valence-electron chi connectivity index (χ4n) is 6.37. The van der Waals surface area contributed by atoms with E-state index in [1.54, 1.807) is 19.9 Å². The molecule has 3 fully saturated rings. The second kappa shape index (κ2) is 20.5. The number of ether oxygens (including phenoxy) is 7. The van der Waals surface area contributed by atoms with Crippen molar-refractivity contribution < 1.29 is 83.9 Å². The molecule has 0 amide bonds. The van der Waals surface area contributed by atoms with Crippen molar-refractivity contribution >= 4 is 5.97 Å². The summed E-state index contributed by atoms with van der Waals surface area (Å²) in [6.07, 6.45) is -14.2. The standard InChI is InChI=1S/C38H62O17/c1-9-37(7,54-35-29(46)26(43)24(41)22(17-39)50-35)16-12-14-20(5)33(48)52-31-21(6)49-34(30(47)28(31)45)53-32-27(44)25(42)23(18-40)51-36(32)55-38(8,10-2)15-11-13-19(3)4/h9-10,13-14,21-32,34-36,39-47H,1-2,11-12,15-18H2,3-8H3/b20-14+/t21-,22-,23+,24+,25+,26-,27-,28+,29+,30-,31+,32+,34-,35+,36+,37+,38-/m0/s1. The van der Waals surface area contributed by atoms with Crippen LogP contribution >= 0.6 is 0 Å². The fourth-order valence-corrected chi connectivity index (χ4v) is 6.37. The Labute approximate surface area is 322 Å². The van der Waals surface area contributed by atoms with E-state index in [2.05, 4.69) is 13.2 Å². The number of allylic oxidation sites excluding steroid dienone is 3. The number of hydrogen-bond acceptors (Lipinski definition) is 17. The zero-order chi connectivity index (χ0) is 41.4. The molecule has 17 nitrogen and oxygen atoms in total. The molecule has 0 aromatic rings. The lowest BCUT2D eigenvalue weighted by molar-refractivity contribution is -0.373. The highest BCUT2D eigenvalue weighted by atomic mass is 16.8. The highest BCUT2D eigenvalue weighted by molar-refractivity contribution is 5.87. The molecule has 0 aliphatic carbocycles. The number of carbonyl (C=O) groups is 1. The van der Waals surface area contributed by atoms with E-state index in [-0.39, 0.29) is 18.4 Å². The van der Waals surface area contributed by atoms with Crippen molar-refractivity contribution in [2.45, 2.75) is 171 Å². The topological polar surface area (TPSA) is 264 Å². The molecule has 0 bridgehead atoms. The predicted molar refractivity (Wildman–Crippen MR) is 194 cm³/mol. The summed E-state index contributed by atoms with van der Waals surface area (Å²) in [6.45, 7) is 16.6. The molecular formula is C38H62O17. The van der Waals surface area contributed by atoms with Gasteiger partial charge in [0, 0.05) is 5.57 Å². The third kappa shape index (κ3) is 11.9. The van der Waals surface area contributed by atoms with Crippen LogP contribution in [0.2, 0.25) is 0 Å². The third-order valence-corrected chi connectivity index (χ3v) is 10.2. The van der Waals surface area contributed by atoms with Gasteiger partial charge in [0.2, 0.25) is 0 Å². The van der Waals surface area contributed by atoms with E-state index in [9.17, 15) is 50.8 Å². The van der Waals surface area contributed by atoms with Gasteiger partial charge in [-0.05, 0) is 67.2 Å². The third-order valence-electron chi connectivity index (χ3n) is 10.2. The van der Waals surface area contributed by atoms with Gasteiger partial charge in [-0.25, -0.2) is 4.79 Å². The molecule has 0 unspecified atom stereocenters. The van der Waals surface area contributed by atoms with Crippen LogP contribution in [-0.2, 0) is 38.0 Å². The van der Waals surface area contributed by atoms with Crippen LogP contribution in [0.4, 0.5) is 0 Å². The lowest BCUT2D eigenvalue weighted by atomic mass is 9.96. The maximum atomic E-state index is 13.1. The monoisotopic (exact) mass is 790 g/mol. The number of hydrogen-bond donors (Lipinski definition) is 9. The van der Waals surface area contributed by atoms with Crippen molar-refractivity contribution in [1.29, 1.82) is 0 Å². The summed E-state index contributed by atoms with van der Waals surface area (Å²) in [4.78, 5) is 13.1. The van der Waals surface area contributed by atoms with Crippen LogP contribution in [-0.4, -0.2) is 168 Å². The molecule has 3 aliphatic rings. The lowest BCUT2D eigenvalue weighted by Crippen LogP contribution is -2.65. The Bertz CT molecular complexity index is 1320. The first kappa shape index (κ1) is 47.2. The van der Waals surface area contributed by atoms with E-state index in [1.807, 2.05) is 19.9 Å². The first-order valence-corrected chi connectivity index (χ1v) is 18.5. The Morgan fingerprint density at radius 2 is 1.13 bits per heavy atom. The first-order valence-electron chi connectivity index (χ1n) is 18.5. The van der Waals surface area contributed by atoms with E-state index in [0.717, 1.165) is 5.57 Å². The average molecular weight is 791 g/mol. The zero-order valence-electron chi connectivity index (χ0n) is 32.4. The van der Waals surface area contributed by atoms with Crippen LogP contribution in [0.15, 0.2) is 48.6 Å². The smallest absolute Gasteiger partial charge is 0.333 e. The highest BCUT2D eigenvalue weighted by Crippen LogP contribution is 2.34. The van der Waals surface area contributed by atoms with Crippen LogP contribution in [0.1, 0.15) is 67.2 Å². The van der Waals surface area contributed by atoms with Crippen LogP contribution in [0.5, 0.6) is 0 Å². The molecule has 3 aliphatic heterocycles. The number of aliphatic hydroxyl groups excluding tert-OH is 9. The molecule has 3 heterocycles. The minimum Gasteiger partial charge on any atom is -0.453 e. The second-order valence-corrected chi connectivity index (χ2v) is 15.1. The zero-order valence-corrected chi connectivity index (χ0v) is 32.4. The number of esters is 1. The fraction of sp³-hybridized carbons (Fsp3) is 0.763. The second-order valence-electron chi connectivity index (χ2n) is 15.1. The van der Waals surface area contributed by atoms with Crippen molar-refractivity contribution in [2.75, 3.05) is 13.2 Å². The van der Waals surface area contributed by atoms with Crippen molar-refractivity contribution in [2.24, 2.45) is 0 Å². The minimum absolute atomic E-state index is 0.135. The molecule has 3 saturated heterocycles. The Hall–Kier alpha value is -2.17. The number of carbonyl (C=O) groups excluding carboxylic acids is 1. The summed E-state index contributed by atoms with van der Waals surface area (Å²) in [5, 5.41) is 93.7. The average Bonchev–Trinajstić information content (AvgIpc) is 3.14. The molecule has 0 aromatic heterocycles. The van der Waals surface area contributed by atoms with Crippen molar-refractivity contribution in [3.8, 4) is 0 Å². The first-order chi connectivity index (χ1) is 25.7. The Kier molecular flexibility index (Phi) is 17.6. The van der Waals surface area contributed by atoms with Crippen LogP contribution in [0.3, 0.4) is 0 Å². The van der Waals surface area contributed by atoms with Crippen LogP contribution in [0.25, 0.3) is 0 Å². The van der Waals surface area contributed by atoms with Gasteiger partial charge in [-0.3, -0.25) is 0 Å². The molecule has 0 saturated carbocycles. The van der Waals surface area contributed by atoms with Crippen molar-refractivity contribution in [3.05, 3.63) is 48.6 Å². The van der Waals surface area contributed by atoms with Crippen molar-refractivity contribution in [1.82, 2.24) is 0 Å². The van der Waals surface area contributed by atoms with E-state index in [4.69, 9.17) is 33.2 Å². The highest BCUT2D eigenvalue weighted by Gasteiger charge is 2.52. The maximum Gasteiger partial charge on any atom is 0.333 e. The molecule has 3 rings (SSSR count). The van der Waals surface area contributed by atoms with E-state index in [0.29, 0.717) is 12.8 Å². The summed E-state index contributed by atoms with van der Waals surface area (Å²) >= 11 is 0. The van der Waals surface area contributed by atoms with Gasteiger partial charge in [-0.2, -0.15) is 0 Å². The predicted octanol–water partition coefficient (Wildman–Crippen LogP) is -0.616. The Morgan fingerprint density at radius 3 is 1.65 bits per heavy atom. The number of rotatable bonds is 18. The quantitative estimate of drug-likeness (QED) is 0.0476. The minimum atomic E-state index is -1.81. The largest absolute Gasteiger partial charge is 0.453 e. The van der Waals surface area contributed by atoms with E-state index >= 15 is 0 Å². The maximum absolute atomic E-state index is 13.1. The van der Waals surface area contributed by atoms with Crippen LogP contribution < -0.4 is 0 Å². The van der Waals surface area contributed by atoms with Gasteiger partial charge in [0.1, 0.15) is 61.0 Å².